The third-order valence-electron chi connectivity index (χ3n) is 4.81. The van der Waals surface area contributed by atoms with Crippen molar-refractivity contribution in [3.05, 3.63) is 0 Å². The summed E-state index contributed by atoms with van der Waals surface area (Å²) in [5, 5.41) is 3.30. The van der Waals surface area contributed by atoms with E-state index in [1.165, 1.54) is 25.7 Å². The van der Waals surface area contributed by atoms with Crippen molar-refractivity contribution in [2.75, 3.05) is 21.1 Å². The first-order chi connectivity index (χ1) is 9.32. The van der Waals surface area contributed by atoms with Crippen LogP contribution in [0, 0.1) is 0 Å². The van der Waals surface area contributed by atoms with E-state index in [0.717, 1.165) is 12.8 Å². The van der Waals surface area contributed by atoms with Crippen LogP contribution in [0.5, 0.6) is 0 Å². The van der Waals surface area contributed by atoms with Gasteiger partial charge < -0.3 is 10.2 Å². The molecular weight excluding hydrogens is 265 g/mol. The van der Waals surface area contributed by atoms with Gasteiger partial charge in [-0.15, -0.1) is 0 Å². The lowest BCUT2D eigenvalue weighted by molar-refractivity contribution is -0.136. The number of rotatable bonds is 6. The van der Waals surface area contributed by atoms with Gasteiger partial charge in [-0.1, -0.05) is 25.7 Å². The van der Waals surface area contributed by atoms with Crippen molar-refractivity contribution < 1.29 is 13.2 Å². The zero-order valence-electron chi connectivity index (χ0n) is 13.0. The number of hydrogen-bond acceptors (Lipinski definition) is 2. The van der Waals surface area contributed by atoms with Crippen LogP contribution in [0.15, 0.2) is 0 Å². The maximum Gasteiger partial charge on any atom is 0.389 e. The van der Waals surface area contributed by atoms with Crippen molar-refractivity contribution in [3.63, 3.8) is 0 Å². The normalized spacial score (nSPS) is 21.8. The van der Waals surface area contributed by atoms with Crippen molar-refractivity contribution in [3.8, 4) is 0 Å². The highest BCUT2D eigenvalue weighted by Crippen LogP contribution is 2.36. The number of alkyl halides is 3. The molecule has 0 radical (unpaired) electrons. The Morgan fingerprint density at radius 2 is 1.65 bits per heavy atom. The van der Waals surface area contributed by atoms with Gasteiger partial charge >= 0.3 is 6.18 Å². The Kier molecular flexibility index (Phi) is 6.79. The molecule has 120 valence electrons. The summed E-state index contributed by atoms with van der Waals surface area (Å²) in [4.78, 5) is 2.24. The number of nitrogens with zero attached hydrogens (tertiary/aromatic N) is 1. The summed E-state index contributed by atoms with van der Waals surface area (Å²) in [6, 6.07) is 0.137. The van der Waals surface area contributed by atoms with Gasteiger partial charge in [0.05, 0.1) is 0 Å². The van der Waals surface area contributed by atoms with Gasteiger partial charge in [-0.2, -0.15) is 13.2 Å². The van der Waals surface area contributed by atoms with E-state index in [1.807, 2.05) is 7.05 Å². The fourth-order valence-corrected chi connectivity index (χ4v) is 3.64. The summed E-state index contributed by atoms with van der Waals surface area (Å²) in [6.45, 7) is 0. The van der Waals surface area contributed by atoms with E-state index in [0.29, 0.717) is 6.42 Å². The van der Waals surface area contributed by atoms with Crippen LogP contribution in [-0.2, 0) is 0 Å². The van der Waals surface area contributed by atoms with Crippen LogP contribution >= 0.6 is 0 Å². The maximum atomic E-state index is 12.3. The SMILES string of the molecule is CNC(CCCC(F)(F)F)C1(N(C)C)CCCCCC1. The van der Waals surface area contributed by atoms with Crippen LogP contribution in [0.3, 0.4) is 0 Å². The van der Waals surface area contributed by atoms with E-state index in [9.17, 15) is 13.2 Å². The largest absolute Gasteiger partial charge is 0.389 e. The lowest BCUT2D eigenvalue weighted by Gasteiger charge is -2.46. The number of hydrogen-bond donors (Lipinski definition) is 1. The quantitative estimate of drug-likeness (QED) is 0.746. The van der Waals surface area contributed by atoms with Gasteiger partial charge in [0.15, 0.2) is 0 Å². The number of likely N-dealkylation sites (N-methyl/N-ethyl adjacent to an activating group) is 2. The first-order valence-corrected chi connectivity index (χ1v) is 7.73. The molecule has 1 fully saturated rings. The van der Waals surface area contributed by atoms with Gasteiger partial charge in [0, 0.05) is 18.0 Å². The molecule has 0 aliphatic heterocycles. The predicted octanol–water partition coefficient (Wildman–Crippen LogP) is 3.96. The Hall–Kier alpha value is -0.290. The molecule has 0 bridgehead atoms. The average Bonchev–Trinajstić information content (AvgIpc) is 2.60. The Bertz CT molecular complexity index is 269. The van der Waals surface area contributed by atoms with Crippen LogP contribution in [-0.4, -0.2) is 43.8 Å². The molecule has 20 heavy (non-hydrogen) atoms. The van der Waals surface area contributed by atoms with Crippen molar-refractivity contribution in [2.45, 2.75) is 75.5 Å². The molecule has 0 amide bonds. The minimum absolute atomic E-state index is 0.0108. The molecule has 0 spiro atoms. The van der Waals surface area contributed by atoms with Gasteiger partial charge in [-0.05, 0) is 46.8 Å². The Balaban J connectivity index is 2.70. The van der Waals surface area contributed by atoms with Crippen LogP contribution in [0.25, 0.3) is 0 Å². The summed E-state index contributed by atoms with van der Waals surface area (Å²) < 4.78 is 37.0. The molecule has 1 N–H and O–H groups in total. The summed E-state index contributed by atoms with van der Waals surface area (Å²) in [5.41, 5.74) is 0.0108. The number of nitrogens with one attached hydrogen (secondary N) is 1. The van der Waals surface area contributed by atoms with Gasteiger partial charge in [-0.25, -0.2) is 0 Å². The molecule has 0 saturated heterocycles. The molecule has 0 aromatic rings. The van der Waals surface area contributed by atoms with E-state index in [-0.39, 0.29) is 18.0 Å². The summed E-state index contributed by atoms with van der Waals surface area (Å²) in [6.07, 6.45) is 3.10. The van der Waals surface area contributed by atoms with Crippen LogP contribution in [0.1, 0.15) is 57.8 Å². The van der Waals surface area contributed by atoms with E-state index in [4.69, 9.17) is 0 Å². The first kappa shape index (κ1) is 17.8. The highest BCUT2D eigenvalue weighted by atomic mass is 19.4. The summed E-state index contributed by atoms with van der Waals surface area (Å²) in [7, 11) is 6.02. The molecule has 2 nitrogen and oxygen atoms in total. The van der Waals surface area contributed by atoms with E-state index in [2.05, 4.69) is 24.3 Å². The molecule has 1 aliphatic carbocycles. The second-order valence-corrected chi connectivity index (χ2v) is 6.26. The monoisotopic (exact) mass is 294 g/mol. The first-order valence-electron chi connectivity index (χ1n) is 7.73. The molecule has 0 heterocycles. The summed E-state index contributed by atoms with van der Waals surface area (Å²) in [5.74, 6) is 0. The standard InChI is InChI=1S/C15H29F3N2/c1-19-13(9-8-12-15(16,17)18)14(20(2)3)10-6-4-5-7-11-14/h13,19H,4-12H2,1-3H3. The Morgan fingerprint density at radius 3 is 2.05 bits per heavy atom. The van der Waals surface area contributed by atoms with Crippen molar-refractivity contribution in [2.24, 2.45) is 0 Å². The van der Waals surface area contributed by atoms with Crippen LogP contribution in [0.2, 0.25) is 0 Å². The number of halogens is 3. The molecule has 1 unspecified atom stereocenters. The molecular formula is C15H29F3N2. The molecule has 0 aromatic heterocycles. The molecule has 0 aromatic carbocycles. The Morgan fingerprint density at radius 1 is 1.10 bits per heavy atom. The van der Waals surface area contributed by atoms with E-state index >= 15 is 0 Å². The second kappa shape index (κ2) is 7.64. The topological polar surface area (TPSA) is 15.3 Å². The van der Waals surface area contributed by atoms with Crippen LogP contribution in [0.4, 0.5) is 13.2 Å². The lowest BCUT2D eigenvalue weighted by Crippen LogP contribution is -2.58. The zero-order valence-corrected chi connectivity index (χ0v) is 13.0. The fraction of sp³-hybridized carbons (Fsp3) is 1.00. The molecule has 1 saturated carbocycles. The van der Waals surface area contributed by atoms with Gasteiger partial charge in [-0.3, -0.25) is 0 Å². The smallest absolute Gasteiger partial charge is 0.315 e. The highest BCUT2D eigenvalue weighted by molar-refractivity contribution is 4.99. The van der Waals surface area contributed by atoms with E-state index in [1.54, 1.807) is 0 Å². The molecule has 5 heteroatoms. The predicted molar refractivity (Wildman–Crippen MR) is 76.9 cm³/mol. The van der Waals surface area contributed by atoms with Gasteiger partial charge in [0.1, 0.15) is 0 Å². The van der Waals surface area contributed by atoms with Gasteiger partial charge in [0.2, 0.25) is 0 Å². The molecule has 1 aliphatic rings. The highest BCUT2D eigenvalue weighted by Gasteiger charge is 2.40. The maximum absolute atomic E-state index is 12.3. The lowest BCUT2D eigenvalue weighted by atomic mass is 9.79. The zero-order chi connectivity index (χ0) is 15.2. The van der Waals surface area contributed by atoms with Crippen LogP contribution < -0.4 is 5.32 Å². The van der Waals surface area contributed by atoms with E-state index < -0.39 is 12.6 Å². The third-order valence-corrected chi connectivity index (χ3v) is 4.81. The second-order valence-electron chi connectivity index (χ2n) is 6.26. The van der Waals surface area contributed by atoms with Crippen molar-refractivity contribution in [1.29, 1.82) is 0 Å². The molecule has 1 rings (SSSR count). The third kappa shape index (κ3) is 4.92. The van der Waals surface area contributed by atoms with Crippen molar-refractivity contribution >= 4 is 0 Å². The average molecular weight is 294 g/mol. The minimum atomic E-state index is -4.03. The fourth-order valence-electron chi connectivity index (χ4n) is 3.64. The van der Waals surface area contributed by atoms with Crippen molar-refractivity contribution in [1.82, 2.24) is 10.2 Å². The molecule has 1 atom stereocenters. The van der Waals surface area contributed by atoms with Gasteiger partial charge in [0.25, 0.3) is 0 Å². The minimum Gasteiger partial charge on any atom is -0.315 e. The Labute approximate surface area is 121 Å². The summed E-state index contributed by atoms with van der Waals surface area (Å²) >= 11 is 0.